The highest BCUT2D eigenvalue weighted by Gasteiger charge is 2.26. The SMILES string of the molecule is CCOC(=O)c1c(C)c(C(=O)COc2ccccc2)c(C)n1CC. The van der Waals surface area contributed by atoms with Gasteiger partial charge in [0.05, 0.1) is 6.61 Å². The van der Waals surface area contributed by atoms with E-state index in [0.29, 0.717) is 35.7 Å². The number of hydrogen-bond donors (Lipinski definition) is 0. The molecule has 24 heavy (non-hydrogen) atoms. The summed E-state index contributed by atoms with van der Waals surface area (Å²) in [5.74, 6) is 0.0938. The molecule has 128 valence electrons. The van der Waals surface area contributed by atoms with E-state index in [1.807, 2.05) is 36.6 Å². The first kappa shape index (κ1) is 17.8. The summed E-state index contributed by atoms with van der Waals surface area (Å²) in [7, 11) is 0. The fraction of sp³-hybridized carbons (Fsp3) is 0.368. The van der Waals surface area contributed by atoms with Crippen LogP contribution in [0.3, 0.4) is 0 Å². The van der Waals surface area contributed by atoms with Crippen LogP contribution in [0.5, 0.6) is 5.75 Å². The van der Waals surface area contributed by atoms with Crippen molar-refractivity contribution < 1.29 is 19.1 Å². The van der Waals surface area contributed by atoms with E-state index in [0.717, 1.165) is 5.69 Å². The first-order valence-electron chi connectivity index (χ1n) is 8.09. The smallest absolute Gasteiger partial charge is 0.355 e. The first-order chi connectivity index (χ1) is 11.5. The van der Waals surface area contributed by atoms with Crippen molar-refractivity contribution in [3.63, 3.8) is 0 Å². The molecule has 1 aromatic heterocycles. The molecule has 0 aliphatic rings. The maximum Gasteiger partial charge on any atom is 0.355 e. The van der Waals surface area contributed by atoms with Gasteiger partial charge < -0.3 is 14.0 Å². The molecular weight excluding hydrogens is 306 g/mol. The van der Waals surface area contributed by atoms with E-state index in [1.165, 1.54) is 0 Å². The molecule has 0 atom stereocenters. The van der Waals surface area contributed by atoms with E-state index in [1.54, 1.807) is 26.0 Å². The van der Waals surface area contributed by atoms with Gasteiger partial charge in [-0.05, 0) is 45.4 Å². The molecule has 0 aliphatic heterocycles. The molecule has 1 heterocycles. The van der Waals surface area contributed by atoms with Crippen molar-refractivity contribution in [1.29, 1.82) is 0 Å². The van der Waals surface area contributed by atoms with Crippen LogP contribution in [0.1, 0.15) is 46.0 Å². The summed E-state index contributed by atoms with van der Waals surface area (Å²) in [6, 6.07) is 9.18. The number of carbonyl (C=O) groups is 2. The molecule has 0 saturated heterocycles. The number of ketones is 1. The lowest BCUT2D eigenvalue weighted by Crippen LogP contribution is -2.13. The number of rotatable bonds is 7. The lowest BCUT2D eigenvalue weighted by molar-refractivity contribution is 0.0512. The van der Waals surface area contributed by atoms with Crippen LogP contribution >= 0.6 is 0 Å². The number of ether oxygens (including phenoxy) is 2. The molecule has 1 aromatic carbocycles. The molecule has 0 aliphatic carbocycles. The molecule has 0 unspecified atom stereocenters. The first-order valence-corrected chi connectivity index (χ1v) is 8.09. The molecule has 2 aromatic rings. The van der Waals surface area contributed by atoms with Gasteiger partial charge in [0, 0.05) is 17.8 Å². The number of esters is 1. The van der Waals surface area contributed by atoms with E-state index in [9.17, 15) is 9.59 Å². The van der Waals surface area contributed by atoms with E-state index >= 15 is 0 Å². The predicted octanol–water partition coefficient (Wildman–Crippen LogP) is 3.56. The molecule has 5 nitrogen and oxygen atoms in total. The average Bonchev–Trinajstić information content (AvgIpc) is 2.84. The third-order valence-electron chi connectivity index (χ3n) is 3.94. The normalized spacial score (nSPS) is 10.5. The third-order valence-corrected chi connectivity index (χ3v) is 3.94. The monoisotopic (exact) mass is 329 g/mol. The standard InChI is InChI=1S/C19H23NO4/c1-5-20-14(4)17(13(3)18(20)19(22)23-6-2)16(21)12-24-15-10-8-7-9-11-15/h7-11H,5-6,12H2,1-4H3. The van der Waals surface area contributed by atoms with Crippen molar-refractivity contribution in [3.05, 3.63) is 52.8 Å². The molecule has 0 bridgehead atoms. The Hall–Kier alpha value is -2.56. The summed E-state index contributed by atoms with van der Waals surface area (Å²) >= 11 is 0. The number of carbonyl (C=O) groups excluding carboxylic acids is 2. The minimum atomic E-state index is -0.400. The van der Waals surface area contributed by atoms with Crippen LogP contribution in [0.25, 0.3) is 0 Å². The van der Waals surface area contributed by atoms with Crippen LogP contribution in [0.2, 0.25) is 0 Å². The highest BCUT2D eigenvalue weighted by molar-refractivity contribution is 6.03. The minimum Gasteiger partial charge on any atom is -0.485 e. The fourth-order valence-corrected chi connectivity index (χ4v) is 2.90. The maximum absolute atomic E-state index is 12.6. The van der Waals surface area contributed by atoms with Gasteiger partial charge in [-0.2, -0.15) is 0 Å². The van der Waals surface area contributed by atoms with Crippen LogP contribution in [0.4, 0.5) is 0 Å². The Morgan fingerprint density at radius 3 is 2.33 bits per heavy atom. The minimum absolute atomic E-state index is 0.0678. The quantitative estimate of drug-likeness (QED) is 0.576. The van der Waals surface area contributed by atoms with Gasteiger partial charge in [-0.25, -0.2) is 4.79 Å². The summed E-state index contributed by atoms with van der Waals surface area (Å²) in [6.07, 6.45) is 0. The lowest BCUT2D eigenvalue weighted by Gasteiger charge is -2.08. The summed E-state index contributed by atoms with van der Waals surface area (Å²) in [5, 5.41) is 0. The van der Waals surface area contributed by atoms with Gasteiger partial charge in [0.15, 0.2) is 6.61 Å². The third kappa shape index (κ3) is 3.50. The largest absolute Gasteiger partial charge is 0.485 e. The highest BCUT2D eigenvalue weighted by Crippen LogP contribution is 2.24. The highest BCUT2D eigenvalue weighted by atomic mass is 16.5. The molecule has 0 saturated carbocycles. The second kappa shape index (κ2) is 7.81. The summed E-state index contributed by atoms with van der Waals surface area (Å²) in [5.41, 5.74) is 2.39. The van der Waals surface area contributed by atoms with Crippen LogP contribution in [-0.2, 0) is 11.3 Å². The van der Waals surface area contributed by atoms with Gasteiger partial charge in [-0.3, -0.25) is 4.79 Å². The van der Waals surface area contributed by atoms with Gasteiger partial charge in [-0.15, -0.1) is 0 Å². The van der Waals surface area contributed by atoms with E-state index < -0.39 is 5.97 Å². The van der Waals surface area contributed by atoms with E-state index in [2.05, 4.69) is 0 Å². The second-order valence-electron chi connectivity index (χ2n) is 5.42. The number of hydrogen-bond acceptors (Lipinski definition) is 4. The van der Waals surface area contributed by atoms with Crippen molar-refractivity contribution >= 4 is 11.8 Å². The van der Waals surface area contributed by atoms with E-state index in [4.69, 9.17) is 9.47 Å². The number of para-hydroxylation sites is 1. The van der Waals surface area contributed by atoms with E-state index in [-0.39, 0.29) is 12.4 Å². The van der Waals surface area contributed by atoms with Gasteiger partial charge in [0.2, 0.25) is 5.78 Å². The van der Waals surface area contributed by atoms with Crippen molar-refractivity contribution in [2.45, 2.75) is 34.2 Å². The summed E-state index contributed by atoms with van der Waals surface area (Å²) < 4.78 is 12.5. The molecule has 0 radical (unpaired) electrons. The van der Waals surface area contributed by atoms with Crippen molar-refractivity contribution in [2.24, 2.45) is 0 Å². The van der Waals surface area contributed by atoms with Crippen molar-refractivity contribution in [3.8, 4) is 5.75 Å². The molecule has 0 spiro atoms. The zero-order valence-electron chi connectivity index (χ0n) is 14.6. The Bertz CT molecular complexity index is 732. The van der Waals surface area contributed by atoms with Crippen LogP contribution < -0.4 is 4.74 Å². The molecular formula is C19H23NO4. The Morgan fingerprint density at radius 2 is 1.75 bits per heavy atom. The number of benzene rings is 1. The zero-order chi connectivity index (χ0) is 17.7. The van der Waals surface area contributed by atoms with Crippen molar-refractivity contribution in [1.82, 2.24) is 4.57 Å². The summed E-state index contributed by atoms with van der Waals surface area (Å²) in [4.78, 5) is 24.9. The molecule has 5 heteroatoms. The zero-order valence-corrected chi connectivity index (χ0v) is 14.6. The maximum atomic E-state index is 12.6. The summed E-state index contributed by atoms with van der Waals surface area (Å²) in [6.45, 7) is 8.14. The van der Waals surface area contributed by atoms with Crippen molar-refractivity contribution in [2.75, 3.05) is 13.2 Å². The van der Waals surface area contributed by atoms with Gasteiger partial charge in [0.25, 0.3) is 0 Å². The Morgan fingerprint density at radius 1 is 1.08 bits per heavy atom. The lowest BCUT2D eigenvalue weighted by atomic mass is 10.1. The molecule has 0 N–H and O–H groups in total. The number of nitrogens with zero attached hydrogens (tertiary/aromatic N) is 1. The fourth-order valence-electron chi connectivity index (χ4n) is 2.90. The Kier molecular flexibility index (Phi) is 5.79. The van der Waals surface area contributed by atoms with Gasteiger partial charge >= 0.3 is 5.97 Å². The molecule has 2 rings (SSSR count). The predicted molar refractivity (Wildman–Crippen MR) is 91.8 cm³/mol. The number of Topliss-reactive ketones (excluding diaryl/α,β-unsaturated/α-hetero) is 1. The Balaban J connectivity index is 2.29. The van der Waals surface area contributed by atoms with Gasteiger partial charge in [0.1, 0.15) is 11.4 Å². The van der Waals surface area contributed by atoms with Crippen LogP contribution in [0.15, 0.2) is 30.3 Å². The topological polar surface area (TPSA) is 57.5 Å². The van der Waals surface area contributed by atoms with Gasteiger partial charge in [-0.1, -0.05) is 18.2 Å². The Labute approximate surface area is 142 Å². The van der Waals surface area contributed by atoms with Crippen LogP contribution in [-0.4, -0.2) is 29.5 Å². The number of aromatic nitrogens is 1. The molecule has 0 amide bonds. The van der Waals surface area contributed by atoms with Crippen LogP contribution in [0, 0.1) is 13.8 Å². The molecule has 0 fully saturated rings. The second-order valence-corrected chi connectivity index (χ2v) is 5.42. The average molecular weight is 329 g/mol.